The molecule has 1 heterocycles. The maximum Gasteiger partial charge on any atom is 0.315 e. The van der Waals surface area contributed by atoms with Gasteiger partial charge in [-0.2, -0.15) is 0 Å². The van der Waals surface area contributed by atoms with E-state index in [0.717, 1.165) is 5.01 Å². The number of carboxylic acids is 1. The predicted octanol–water partition coefficient (Wildman–Crippen LogP) is 0.767. The Morgan fingerprint density at radius 3 is 2.94 bits per heavy atom. The van der Waals surface area contributed by atoms with Crippen molar-refractivity contribution < 1.29 is 19.7 Å². The normalized spacial score (nSPS) is 28.8. The Balaban J connectivity index is 2.23. The number of nitrogens with zero attached hydrogens (tertiary/aromatic N) is 1. The third kappa shape index (κ3) is 1.73. The number of aliphatic carboxylic acids is 1. The van der Waals surface area contributed by atoms with Crippen molar-refractivity contribution in [2.75, 3.05) is 7.11 Å². The summed E-state index contributed by atoms with van der Waals surface area (Å²) in [6.45, 7) is 0.392. The van der Waals surface area contributed by atoms with E-state index >= 15 is 0 Å². The van der Waals surface area contributed by atoms with Gasteiger partial charge in [0.05, 0.1) is 18.4 Å². The lowest BCUT2D eigenvalue weighted by molar-refractivity contribution is -0.153. The van der Waals surface area contributed by atoms with Crippen LogP contribution in [0.4, 0.5) is 0 Å². The minimum atomic E-state index is -0.984. The number of aliphatic hydroxyl groups excluding tert-OH is 1. The molecule has 6 heteroatoms. The van der Waals surface area contributed by atoms with Gasteiger partial charge in [0.2, 0.25) is 0 Å². The number of rotatable bonds is 4. The standard InChI is InChI=1S/C10H13NO4S/c1-15-4-8-11-7(5-16-8)10(9(13)14)2-6(12)3-10/h5-6,12H,2-4H2,1H3,(H,13,14). The topological polar surface area (TPSA) is 79.7 Å². The van der Waals surface area contributed by atoms with Crippen molar-refractivity contribution >= 4 is 17.3 Å². The molecule has 0 atom stereocenters. The van der Waals surface area contributed by atoms with Crippen LogP contribution in [0.1, 0.15) is 23.5 Å². The molecule has 0 radical (unpaired) electrons. The quantitative estimate of drug-likeness (QED) is 0.816. The van der Waals surface area contributed by atoms with Crippen LogP contribution < -0.4 is 0 Å². The molecule has 1 aliphatic carbocycles. The van der Waals surface area contributed by atoms with Gasteiger partial charge < -0.3 is 14.9 Å². The zero-order chi connectivity index (χ0) is 11.8. The number of carbonyl (C=O) groups is 1. The molecule has 1 aromatic rings. The van der Waals surface area contributed by atoms with E-state index in [1.54, 1.807) is 12.5 Å². The number of carboxylic acid groups (broad SMARTS) is 1. The van der Waals surface area contributed by atoms with Crippen molar-refractivity contribution in [1.29, 1.82) is 0 Å². The number of thiazole rings is 1. The van der Waals surface area contributed by atoms with E-state index < -0.39 is 17.5 Å². The molecule has 0 aliphatic heterocycles. The molecule has 88 valence electrons. The highest BCUT2D eigenvalue weighted by Gasteiger charge is 2.52. The van der Waals surface area contributed by atoms with Crippen LogP contribution in [-0.4, -0.2) is 34.4 Å². The van der Waals surface area contributed by atoms with Gasteiger partial charge in [0, 0.05) is 12.5 Å². The van der Waals surface area contributed by atoms with E-state index in [1.165, 1.54) is 11.3 Å². The molecule has 0 spiro atoms. The Hall–Kier alpha value is -0.980. The van der Waals surface area contributed by atoms with Gasteiger partial charge >= 0.3 is 5.97 Å². The Bertz CT molecular complexity index is 397. The summed E-state index contributed by atoms with van der Waals surface area (Å²) in [5.41, 5.74) is -0.440. The first kappa shape index (κ1) is 11.5. The van der Waals surface area contributed by atoms with Crippen LogP contribution in [0.5, 0.6) is 0 Å². The largest absolute Gasteiger partial charge is 0.481 e. The molecular formula is C10H13NO4S. The first-order valence-electron chi connectivity index (χ1n) is 4.94. The minimum absolute atomic E-state index is 0.249. The van der Waals surface area contributed by atoms with Crippen molar-refractivity contribution in [1.82, 2.24) is 4.98 Å². The van der Waals surface area contributed by atoms with E-state index in [1.807, 2.05) is 0 Å². The molecule has 5 nitrogen and oxygen atoms in total. The lowest BCUT2D eigenvalue weighted by atomic mass is 9.65. The van der Waals surface area contributed by atoms with Gasteiger partial charge in [-0.15, -0.1) is 11.3 Å². The van der Waals surface area contributed by atoms with Crippen LogP contribution in [0, 0.1) is 0 Å². The SMILES string of the molecule is COCc1nc(C2(C(=O)O)CC(O)C2)cs1. The van der Waals surface area contributed by atoms with Crippen LogP contribution in [0.3, 0.4) is 0 Å². The van der Waals surface area contributed by atoms with E-state index in [4.69, 9.17) is 4.74 Å². The molecule has 1 fully saturated rings. The van der Waals surface area contributed by atoms with Crippen LogP contribution in [0.25, 0.3) is 0 Å². The molecule has 2 rings (SSSR count). The second-order valence-corrected chi connectivity index (χ2v) is 4.95. The van der Waals surface area contributed by atoms with Gasteiger partial charge in [-0.1, -0.05) is 0 Å². The number of methoxy groups -OCH3 is 1. The van der Waals surface area contributed by atoms with Crippen LogP contribution in [0.15, 0.2) is 5.38 Å². The molecule has 1 saturated carbocycles. The third-order valence-corrected chi connectivity index (χ3v) is 3.71. The monoisotopic (exact) mass is 243 g/mol. The van der Waals surface area contributed by atoms with Gasteiger partial charge in [-0.05, 0) is 12.8 Å². The van der Waals surface area contributed by atoms with Crippen LogP contribution >= 0.6 is 11.3 Å². The highest BCUT2D eigenvalue weighted by atomic mass is 32.1. The fourth-order valence-electron chi connectivity index (χ4n) is 1.96. The van der Waals surface area contributed by atoms with E-state index in [2.05, 4.69) is 4.98 Å². The minimum Gasteiger partial charge on any atom is -0.481 e. The molecular weight excluding hydrogens is 230 g/mol. The van der Waals surface area contributed by atoms with E-state index in [-0.39, 0.29) is 12.8 Å². The number of aromatic nitrogens is 1. The maximum atomic E-state index is 11.2. The van der Waals surface area contributed by atoms with Crippen LogP contribution in [-0.2, 0) is 21.6 Å². The van der Waals surface area contributed by atoms with Gasteiger partial charge in [-0.25, -0.2) is 4.98 Å². The molecule has 1 aliphatic rings. The Kier molecular flexibility index (Phi) is 2.96. The lowest BCUT2D eigenvalue weighted by Crippen LogP contribution is -2.50. The molecule has 2 N–H and O–H groups in total. The number of aliphatic hydroxyl groups is 1. The summed E-state index contributed by atoms with van der Waals surface area (Å²) >= 11 is 1.39. The van der Waals surface area contributed by atoms with Crippen molar-refractivity contribution in [3.63, 3.8) is 0 Å². The summed E-state index contributed by atoms with van der Waals surface area (Å²) in [5.74, 6) is -0.910. The highest BCUT2D eigenvalue weighted by molar-refractivity contribution is 7.09. The zero-order valence-electron chi connectivity index (χ0n) is 8.84. The van der Waals surface area contributed by atoms with Crippen molar-refractivity contribution in [3.8, 4) is 0 Å². The fraction of sp³-hybridized carbons (Fsp3) is 0.600. The van der Waals surface area contributed by atoms with Crippen molar-refractivity contribution in [3.05, 3.63) is 16.1 Å². The zero-order valence-corrected chi connectivity index (χ0v) is 9.66. The van der Waals surface area contributed by atoms with Gasteiger partial charge in [-0.3, -0.25) is 4.79 Å². The lowest BCUT2D eigenvalue weighted by Gasteiger charge is -2.40. The number of hydrogen-bond acceptors (Lipinski definition) is 5. The first-order chi connectivity index (χ1) is 7.58. The maximum absolute atomic E-state index is 11.2. The van der Waals surface area contributed by atoms with E-state index in [9.17, 15) is 15.0 Å². The predicted molar refractivity (Wildman–Crippen MR) is 57.4 cm³/mol. The smallest absolute Gasteiger partial charge is 0.315 e. The number of hydrogen-bond donors (Lipinski definition) is 2. The Labute approximate surface area is 96.7 Å². The average molecular weight is 243 g/mol. The van der Waals surface area contributed by atoms with Crippen LogP contribution in [0.2, 0.25) is 0 Å². The van der Waals surface area contributed by atoms with Gasteiger partial charge in [0.1, 0.15) is 10.4 Å². The fourth-order valence-corrected chi connectivity index (χ4v) is 2.82. The van der Waals surface area contributed by atoms with Gasteiger partial charge in [0.15, 0.2) is 0 Å². The molecule has 0 amide bonds. The summed E-state index contributed by atoms with van der Waals surface area (Å²) < 4.78 is 4.94. The summed E-state index contributed by atoms with van der Waals surface area (Å²) in [4.78, 5) is 15.5. The van der Waals surface area contributed by atoms with Crippen molar-refractivity contribution in [2.24, 2.45) is 0 Å². The Morgan fingerprint density at radius 2 is 2.44 bits per heavy atom. The summed E-state index contributed by atoms with van der Waals surface area (Å²) in [6.07, 6.45) is -0.0274. The molecule has 0 bridgehead atoms. The average Bonchev–Trinajstić information content (AvgIpc) is 2.61. The summed E-state index contributed by atoms with van der Waals surface area (Å²) in [6, 6.07) is 0. The molecule has 16 heavy (non-hydrogen) atoms. The molecule has 0 aromatic carbocycles. The number of ether oxygens (including phenoxy) is 1. The summed E-state index contributed by atoms with van der Waals surface area (Å²) in [5, 5.41) is 21.0. The highest BCUT2D eigenvalue weighted by Crippen LogP contribution is 2.44. The summed E-state index contributed by atoms with van der Waals surface area (Å²) in [7, 11) is 1.57. The van der Waals surface area contributed by atoms with E-state index in [0.29, 0.717) is 12.3 Å². The molecule has 0 saturated heterocycles. The van der Waals surface area contributed by atoms with Crippen molar-refractivity contribution in [2.45, 2.75) is 31.0 Å². The second kappa shape index (κ2) is 4.12. The molecule has 1 aromatic heterocycles. The van der Waals surface area contributed by atoms with Gasteiger partial charge in [0.25, 0.3) is 0 Å². The second-order valence-electron chi connectivity index (χ2n) is 4.01. The Morgan fingerprint density at radius 1 is 1.75 bits per heavy atom. The first-order valence-corrected chi connectivity index (χ1v) is 5.82. The molecule has 0 unspecified atom stereocenters. The third-order valence-electron chi connectivity index (χ3n) is 2.89.